The number of aromatic nitrogens is 2. The van der Waals surface area contributed by atoms with Crippen molar-refractivity contribution in [2.24, 2.45) is 0 Å². The zero-order valence-corrected chi connectivity index (χ0v) is 18.4. The summed E-state index contributed by atoms with van der Waals surface area (Å²) in [6.45, 7) is -2.39. The van der Waals surface area contributed by atoms with Crippen molar-refractivity contribution in [3.05, 3.63) is 102 Å². The highest BCUT2D eigenvalue weighted by Gasteiger charge is 2.21. The number of nitrogens with one attached hydrogen (secondary N) is 1. The van der Waals surface area contributed by atoms with Crippen LogP contribution in [0.25, 0.3) is 11.3 Å². The maximum absolute atomic E-state index is 12.9. The Morgan fingerprint density at radius 1 is 1.00 bits per heavy atom. The third-order valence-electron chi connectivity index (χ3n) is 5.16. The first-order valence-corrected chi connectivity index (χ1v) is 10.6. The smallest absolute Gasteiger partial charge is 0.387 e. The van der Waals surface area contributed by atoms with Crippen LogP contribution in [0.5, 0.6) is 11.5 Å². The van der Waals surface area contributed by atoms with E-state index >= 15 is 0 Å². The summed E-state index contributed by atoms with van der Waals surface area (Å²) < 4.78 is 37.3. The predicted octanol–water partition coefficient (Wildman–Crippen LogP) is 5.14. The number of methoxy groups -OCH3 is 1. The first-order chi connectivity index (χ1) is 16.5. The van der Waals surface area contributed by atoms with Gasteiger partial charge in [0.15, 0.2) is 11.5 Å². The van der Waals surface area contributed by atoms with Crippen LogP contribution in [-0.2, 0) is 13.1 Å². The molecule has 0 aliphatic rings. The van der Waals surface area contributed by atoms with Crippen LogP contribution in [0.15, 0.2) is 85.1 Å². The summed E-state index contributed by atoms with van der Waals surface area (Å²) in [5.74, 6) is -0.821. The number of amides is 1. The molecule has 0 unspecified atom stereocenters. The number of benzene rings is 3. The lowest BCUT2D eigenvalue weighted by atomic mass is 10.1. The molecule has 1 aromatic heterocycles. The molecule has 0 aliphatic heterocycles. The van der Waals surface area contributed by atoms with Crippen molar-refractivity contribution in [2.75, 3.05) is 7.11 Å². The van der Waals surface area contributed by atoms with Gasteiger partial charge in [0.25, 0.3) is 5.91 Å². The summed E-state index contributed by atoms with van der Waals surface area (Å²) in [5, 5.41) is 7.53. The number of halogens is 2. The average Bonchev–Trinajstić information content (AvgIpc) is 3.26. The Balaban J connectivity index is 1.59. The summed E-state index contributed by atoms with van der Waals surface area (Å²) in [6, 6.07) is 23.9. The predicted molar refractivity (Wildman–Crippen MR) is 124 cm³/mol. The summed E-state index contributed by atoms with van der Waals surface area (Å²) >= 11 is 0. The number of para-hydroxylation sites is 1. The van der Waals surface area contributed by atoms with Crippen molar-refractivity contribution in [3.63, 3.8) is 0 Å². The molecule has 0 bridgehead atoms. The molecule has 0 atom stereocenters. The number of nitrogens with zero attached hydrogens (tertiary/aromatic N) is 2. The van der Waals surface area contributed by atoms with E-state index in [0.29, 0.717) is 6.54 Å². The van der Waals surface area contributed by atoms with E-state index in [1.165, 1.54) is 19.2 Å². The van der Waals surface area contributed by atoms with Crippen LogP contribution in [0.4, 0.5) is 8.78 Å². The molecule has 3 aromatic carbocycles. The lowest BCUT2D eigenvalue weighted by molar-refractivity contribution is -0.0515. The normalized spacial score (nSPS) is 10.8. The summed E-state index contributed by atoms with van der Waals surface area (Å²) in [5.41, 5.74) is 3.46. The molecular weight excluding hydrogens is 440 g/mol. The first-order valence-electron chi connectivity index (χ1n) is 10.6. The molecule has 8 heteroatoms. The largest absolute Gasteiger partial charge is 0.493 e. The molecule has 174 valence electrons. The Morgan fingerprint density at radius 3 is 2.38 bits per heavy atom. The third kappa shape index (κ3) is 5.40. The van der Waals surface area contributed by atoms with Crippen LogP contribution in [0, 0.1) is 0 Å². The monoisotopic (exact) mass is 463 g/mol. The van der Waals surface area contributed by atoms with Gasteiger partial charge >= 0.3 is 6.61 Å². The van der Waals surface area contributed by atoms with Crippen molar-refractivity contribution in [3.8, 4) is 22.8 Å². The number of hydrogen-bond donors (Lipinski definition) is 1. The van der Waals surface area contributed by atoms with E-state index in [0.717, 1.165) is 22.4 Å². The van der Waals surface area contributed by atoms with Gasteiger partial charge in [0.1, 0.15) is 0 Å². The Kier molecular flexibility index (Phi) is 7.17. The van der Waals surface area contributed by atoms with E-state index in [-0.39, 0.29) is 23.6 Å². The maximum atomic E-state index is 12.9. The zero-order valence-electron chi connectivity index (χ0n) is 18.4. The van der Waals surface area contributed by atoms with Crippen LogP contribution in [-0.4, -0.2) is 29.4 Å². The summed E-state index contributed by atoms with van der Waals surface area (Å²) in [7, 11) is 1.32. The Hall–Kier alpha value is -4.20. The van der Waals surface area contributed by atoms with E-state index in [1.807, 2.05) is 71.5 Å². The number of hydrogen-bond acceptors (Lipinski definition) is 4. The fourth-order valence-corrected chi connectivity index (χ4v) is 3.62. The molecule has 0 saturated heterocycles. The molecule has 1 heterocycles. The number of rotatable bonds is 9. The Bertz CT molecular complexity index is 1240. The minimum absolute atomic E-state index is 0.0439. The van der Waals surface area contributed by atoms with E-state index in [1.54, 1.807) is 6.07 Å². The van der Waals surface area contributed by atoms with Crippen LogP contribution < -0.4 is 14.8 Å². The van der Waals surface area contributed by atoms with Crippen LogP contribution in [0.3, 0.4) is 0 Å². The minimum Gasteiger partial charge on any atom is -0.493 e. The van der Waals surface area contributed by atoms with E-state index in [4.69, 9.17) is 9.84 Å². The standard InChI is InChI=1S/C26H23F2N3O3/c1-33-22-14-8-13-21(24(22)34-26(27)28)25(32)29-15-20-17-31(16-18-9-4-2-5-10-18)30-23(20)19-11-6-3-7-12-19/h2-14,17,26H,15-16H2,1H3,(H,29,32). The molecule has 0 spiro atoms. The molecule has 0 radical (unpaired) electrons. The summed E-state index contributed by atoms with van der Waals surface area (Å²) in [6.07, 6.45) is 1.87. The SMILES string of the molecule is COc1cccc(C(=O)NCc2cn(Cc3ccccc3)nc2-c2ccccc2)c1OC(F)F. The summed E-state index contributed by atoms with van der Waals surface area (Å²) in [4.78, 5) is 12.9. The van der Waals surface area contributed by atoms with Crippen molar-refractivity contribution in [1.82, 2.24) is 15.1 Å². The van der Waals surface area contributed by atoms with Gasteiger partial charge in [0, 0.05) is 23.9 Å². The lowest BCUT2D eigenvalue weighted by Gasteiger charge is -2.14. The highest BCUT2D eigenvalue weighted by molar-refractivity contribution is 5.97. The quantitative estimate of drug-likeness (QED) is 0.373. The highest BCUT2D eigenvalue weighted by atomic mass is 19.3. The van der Waals surface area contributed by atoms with Gasteiger partial charge in [-0.25, -0.2) is 0 Å². The Labute approximate surface area is 195 Å². The zero-order chi connectivity index (χ0) is 23.9. The van der Waals surface area contributed by atoms with E-state index in [2.05, 4.69) is 10.1 Å². The molecule has 4 rings (SSSR count). The molecule has 0 fully saturated rings. The molecule has 34 heavy (non-hydrogen) atoms. The van der Waals surface area contributed by atoms with E-state index < -0.39 is 12.5 Å². The molecule has 4 aromatic rings. The fraction of sp³-hybridized carbons (Fsp3) is 0.154. The Morgan fingerprint density at radius 2 is 1.71 bits per heavy atom. The second-order valence-corrected chi connectivity index (χ2v) is 7.45. The number of carbonyl (C=O) groups excluding carboxylic acids is 1. The lowest BCUT2D eigenvalue weighted by Crippen LogP contribution is -2.24. The van der Waals surface area contributed by atoms with Gasteiger partial charge in [0.2, 0.25) is 0 Å². The van der Waals surface area contributed by atoms with Crippen molar-refractivity contribution >= 4 is 5.91 Å². The molecule has 0 aliphatic carbocycles. The van der Waals surface area contributed by atoms with Crippen LogP contribution >= 0.6 is 0 Å². The molecule has 0 saturated carbocycles. The minimum atomic E-state index is -3.09. The first kappa shape index (κ1) is 23.0. The van der Waals surface area contributed by atoms with Gasteiger partial charge in [0.05, 0.1) is 24.9 Å². The molecule has 6 nitrogen and oxygen atoms in total. The van der Waals surface area contributed by atoms with Crippen molar-refractivity contribution in [2.45, 2.75) is 19.7 Å². The van der Waals surface area contributed by atoms with Gasteiger partial charge < -0.3 is 14.8 Å². The fourth-order valence-electron chi connectivity index (χ4n) is 3.62. The topological polar surface area (TPSA) is 65.4 Å². The van der Waals surface area contributed by atoms with E-state index in [9.17, 15) is 13.6 Å². The van der Waals surface area contributed by atoms with Gasteiger partial charge in [-0.1, -0.05) is 66.7 Å². The van der Waals surface area contributed by atoms with Crippen molar-refractivity contribution < 1.29 is 23.0 Å². The molecule has 1 amide bonds. The third-order valence-corrected chi connectivity index (χ3v) is 5.16. The van der Waals surface area contributed by atoms with Gasteiger partial charge in [-0.3, -0.25) is 9.48 Å². The van der Waals surface area contributed by atoms with Gasteiger partial charge in [-0.05, 0) is 17.7 Å². The highest BCUT2D eigenvalue weighted by Crippen LogP contribution is 2.32. The van der Waals surface area contributed by atoms with Gasteiger partial charge in [-0.15, -0.1) is 0 Å². The second kappa shape index (κ2) is 10.6. The van der Waals surface area contributed by atoms with Crippen molar-refractivity contribution in [1.29, 1.82) is 0 Å². The average molecular weight is 463 g/mol. The molecule has 1 N–H and O–H groups in total. The number of carbonyl (C=O) groups is 1. The van der Waals surface area contributed by atoms with Crippen LogP contribution in [0.1, 0.15) is 21.5 Å². The van der Waals surface area contributed by atoms with Gasteiger partial charge in [-0.2, -0.15) is 13.9 Å². The number of ether oxygens (including phenoxy) is 2. The second-order valence-electron chi connectivity index (χ2n) is 7.45. The number of alkyl halides is 2. The maximum Gasteiger partial charge on any atom is 0.387 e. The molecular formula is C26H23F2N3O3. The van der Waals surface area contributed by atoms with Crippen LogP contribution in [0.2, 0.25) is 0 Å².